The Bertz CT molecular complexity index is 1420. The van der Waals surface area contributed by atoms with Crippen molar-refractivity contribution < 1.29 is 30.8 Å². The largest absolute Gasteiger partial charge is 0.416 e. The van der Waals surface area contributed by atoms with Gasteiger partial charge in [0.2, 0.25) is 5.91 Å². The van der Waals surface area contributed by atoms with Gasteiger partial charge in [0.05, 0.1) is 28.6 Å². The van der Waals surface area contributed by atoms with Crippen molar-refractivity contribution in [3.63, 3.8) is 0 Å². The third-order valence-electron chi connectivity index (χ3n) is 6.10. The maximum atomic E-state index is 14.5. The highest BCUT2D eigenvalue weighted by molar-refractivity contribution is 7.90. The number of alkyl halides is 3. The highest BCUT2D eigenvalue weighted by Gasteiger charge is 2.37. The zero-order chi connectivity index (χ0) is 27.1. The third-order valence-corrected chi connectivity index (χ3v) is 8.20. The van der Waals surface area contributed by atoms with Crippen molar-refractivity contribution in [1.29, 1.82) is 0 Å². The van der Waals surface area contributed by atoms with E-state index in [1.807, 2.05) is 18.7 Å². The molecule has 0 spiro atoms. The van der Waals surface area contributed by atoms with Crippen molar-refractivity contribution in [1.82, 2.24) is 9.88 Å². The van der Waals surface area contributed by atoms with E-state index in [4.69, 9.17) is 0 Å². The van der Waals surface area contributed by atoms with E-state index < -0.39 is 27.4 Å². The highest BCUT2D eigenvalue weighted by atomic mass is 32.2. The van der Waals surface area contributed by atoms with Crippen molar-refractivity contribution in [2.45, 2.75) is 50.5 Å². The van der Waals surface area contributed by atoms with Crippen molar-refractivity contribution in [3.05, 3.63) is 75.5 Å². The predicted octanol–water partition coefficient (Wildman–Crippen LogP) is 5.60. The first kappa shape index (κ1) is 27.2. The Morgan fingerprint density at radius 1 is 1.19 bits per heavy atom. The molecule has 37 heavy (non-hydrogen) atoms. The number of thiazole rings is 1. The van der Waals surface area contributed by atoms with Gasteiger partial charge in [0.15, 0.2) is 15.0 Å². The van der Waals surface area contributed by atoms with Crippen LogP contribution in [0, 0.1) is 11.7 Å². The maximum absolute atomic E-state index is 14.5. The second kappa shape index (κ2) is 10.1. The average molecular weight is 556 g/mol. The fourth-order valence-corrected chi connectivity index (χ4v) is 6.06. The molecule has 0 aliphatic carbocycles. The number of aromatic nitrogens is 1. The van der Waals surface area contributed by atoms with Gasteiger partial charge in [0.1, 0.15) is 5.82 Å². The van der Waals surface area contributed by atoms with Gasteiger partial charge in [-0.15, -0.1) is 11.3 Å². The standard InChI is InChI=1S/C25H25F4N3O3S2/c1-14(2)23-22-20(13-32(23)12-16-6-7-17(11-19(16)26)25(27,28)29)36-24(31-22)30-21(33)10-15-4-8-18(9-5-15)37(3,34)35/h4-9,11,14,23H,10,12-13H2,1-3H3,(H,30,31,33)/t23-/m1/s1. The SMILES string of the molecule is CC(C)[C@@H]1c2nc(NC(=O)Cc3ccc(S(C)(=O)=O)cc3)sc2CN1Cc1ccc(C(F)(F)F)cc1F. The summed E-state index contributed by atoms with van der Waals surface area (Å²) in [6.45, 7) is 4.52. The summed E-state index contributed by atoms with van der Waals surface area (Å²) in [5.41, 5.74) is 0.561. The summed E-state index contributed by atoms with van der Waals surface area (Å²) in [5, 5.41) is 3.21. The lowest BCUT2D eigenvalue weighted by Gasteiger charge is -2.28. The summed E-state index contributed by atoms with van der Waals surface area (Å²) < 4.78 is 76.3. The Morgan fingerprint density at radius 3 is 2.43 bits per heavy atom. The molecule has 1 aliphatic rings. The second-order valence-electron chi connectivity index (χ2n) is 9.37. The molecule has 1 aromatic heterocycles. The molecular formula is C25H25F4N3O3S2. The summed E-state index contributed by atoms with van der Waals surface area (Å²) >= 11 is 1.31. The molecule has 0 saturated carbocycles. The van der Waals surface area contributed by atoms with Gasteiger partial charge < -0.3 is 5.32 Å². The number of hydrogen-bond donors (Lipinski definition) is 1. The van der Waals surface area contributed by atoms with Gasteiger partial charge in [-0.05, 0) is 35.7 Å². The van der Waals surface area contributed by atoms with E-state index in [0.29, 0.717) is 23.3 Å². The normalized spacial score (nSPS) is 16.3. The van der Waals surface area contributed by atoms with Crippen molar-refractivity contribution in [2.24, 2.45) is 5.92 Å². The van der Waals surface area contributed by atoms with Crippen LogP contribution in [-0.4, -0.2) is 30.5 Å². The van der Waals surface area contributed by atoms with Crippen LogP contribution in [0.1, 0.15) is 47.2 Å². The molecule has 1 N–H and O–H groups in total. The van der Waals surface area contributed by atoms with E-state index in [1.165, 1.54) is 29.5 Å². The topological polar surface area (TPSA) is 79.4 Å². The van der Waals surface area contributed by atoms with Gasteiger partial charge in [-0.1, -0.05) is 32.0 Å². The molecule has 0 unspecified atom stereocenters. The number of fused-ring (bicyclic) bond motifs is 1. The number of carbonyl (C=O) groups is 1. The highest BCUT2D eigenvalue weighted by Crippen LogP contribution is 2.43. The molecule has 4 rings (SSSR count). The van der Waals surface area contributed by atoms with E-state index in [2.05, 4.69) is 10.3 Å². The quantitative estimate of drug-likeness (QED) is 0.384. The van der Waals surface area contributed by atoms with Crippen molar-refractivity contribution >= 4 is 32.2 Å². The summed E-state index contributed by atoms with van der Waals surface area (Å²) in [4.78, 5) is 20.2. The summed E-state index contributed by atoms with van der Waals surface area (Å²) in [7, 11) is -3.32. The van der Waals surface area contributed by atoms with E-state index in [0.717, 1.165) is 22.9 Å². The molecule has 198 valence electrons. The van der Waals surface area contributed by atoms with Crippen LogP contribution < -0.4 is 5.32 Å². The van der Waals surface area contributed by atoms with Crippen LogP contribution in [0.15, 0.2) is 47.4 Å². The number of amides is 1. The van der Waals surface area contributed by atoms with Crippen LogP contribution in [0.5, 0.6) is 0 Å². The lowest BCUT2D eigenvalue weighted by Crippen LogP contribution is -2.26. The fourth-order valence-electron chi connectivity index (χ4n) is 4.38. The zero-order valence-electron chi connectivity index (χ0n) is 20.3. The maximum Gasteiger partial charge on any atom is 0.416 e. The number of nitrogens with one attached hydrogen (secondary N) is 1. The van der Waals surface area contributed by atoms with E-state index in [-0.39, 0.29) is 41.3 Å². The number of hydrogen-bond acceptors (Lipinski definition) is 6. The molecular weight excluding hydrogens is 530 g/mol. The number of carbonyl (C=O) groups excluding carboxylic acids is 1. The van der Waals surface area contributed by atoms with Crippen LogP contribution in [0.3, 0.4) is 0 Å². The Balaban J connectivity index is 1.44. The molecule has 6 nitrogen and oxygen atoms in total. The number of nitrogens with zero attached hydrogens (tertiary/aromatic N) is 2. The molecule has 0 saturated heterocycles. The summed E-state index contributed by atoms with van der Waals surface area (Å²) in [5.74, 6) is -1.12. The van der Waals surface area contributed by atoms with Gasteiger partial charge in [-0.2, -0.15) is 13.2 Å². The monoisotopic (exact) mass is 555 g/mol. The van der Waals surface area contributed by atoms with Gasteiger partial charge >= 0.3 is 6.18 Å². The summed E-state index contributed by atoms with van der Waals surface area (Å²) in [6.07, 6.45) is -3.45. The molecule has 0 bridgehead atoms. The van der Waals surface area contributed by atoms with E-state index >= 15 is 0 Å². The van der Waals surface area contributed by atoms with Crippen LogP contribution in [0.2, 0.25) is 0 Å². The molecule has 3 aromatic rings. The first-order valence-electron chi connectivity index (χ1n) is 11.4. The first-order valence-corrected chi connectivity index (χ1v) is 14.1. The molecule has 0 fully saturated rings. The van der Waals surface area contributed by atoms with E-state index in [1.54, 1.807) is 12.1 Å². The van der Waals surface area contributed by atoms with Crippen molar-refractivity contribution in [3.8, 4) is 0 Å². The number of halogens is 4. The molecule has 12 heteroatoms. The Hall–Kier alpha value is -2.83. The average Bonchev–Trinajstić information content (AvgIpc) is 3.30. The van der Waals surface area contributed by atoms with Gasteiger partial charge in [0.25, 0.3) is 0 Å². The minimum Gasteiger partial charge on any atom is -0.302 e. The van der Waals surface area contributed by atoms with Crippen LogP contribution in [0.25, 0.3) is 0 Å². The Kier molecular flexibility index (Phi) is 7.46. The number of anilines is 1. The van der Waals surface area contributed by atoms with Gasteiger partial charge in [-0.25, -0.2) is 17.8 Å². The number of benzene rings is 2. The molecule has 0 radical (unpaired) electrons. The molecule has 1 amide bonds. The fraction of sp³-hybridized carbons (Fsp3) is 0.360. The lowest BCUT2D eigenvalue weighted by molar-refractivity contribution is -0.137. The third kappa shape index (κ3) is 6.19. The predicted molar refractivity (Wildman–Crippen MR) is 132 cm³/mol. The smallest absolute Gasteiger partial charge is 0.302 e. The van der Waals surface area contributed by atoms with Gasteiger partial charge in [0, 0.05) is 29.8 Å². The summed E-state index contributed by atoms with van der Waals surface area (Å²) in [6, 6.07) is 8.47. The van der Waals surface area contributed by atoms with Crippen LogP contribution >= 0.6 is 11.3 Å². The van der Waals surface area contributed by atoms with Crippen LogP contribution in [-0.2, 0) is 40.3 Å². The molecule has 1 aliphatic heterocycles. The lowest BCUT2D eigenvalue weighted by atomic mass is 10.0. The molecule has 1 atom stereocenters. The first-order chi connectivity index (χ1) is 17.2. The molecule has 2 heterocycles. The Morgan fingerprint density at radius 2 is 1.86 bits per heavy atom. The molecule has 2 aromatic carbocycles. The minimum absolute atomic E-state index is 0.0429. The van der Waals surface area contributed by atoms with Gasteiger partial charge in [-0.3, -0.25) is 9.69 Å². The Labute approximate surface area is 216 Å². The number of rotatable bonds is 7. The van der Waals surface area contributed by atoms with E-state index in [9.17, 15) is 30.8 Å². The zero-order valence-corrected chi connectivity index (χ0v) is 21.9. The van der Waals surface area contributed by atoms with Crippen LogP contribution in [0.4, 0.5) is 22.7 Å². The second-order valence-corrected chi connectivity index (χ2v) is 12.5. The number of sulfone groups is 1. The minimum atomic E-state index is -4.61. The van der Waals surface area contributed by atoms with Crippen molar-refractivity contribution in [2.75, 3.05) is 11.6 Å².